The van der Waals surface area contributed by atoms with Gasteiger partial charge in [-0.25, -0.2) is 8.78 Å². The van der Waals surface area contributed by atoms with Crippen LogP contribution in [0, 0.1) is 11.6 Å². The normalized spacial score (nSPS) is 20.6. The molecule has 2 aromatic rings. The maximum atomic E-state index is 13.6. The Morgan fingerprint density at radius 2 is 1.75 bits per heavy atom. The third-order valence-electron chi connectivity index (χ3n) is 5.25. The van der Waals surface area contributed by atoms with Crippen LogP contribution in [0.3, 0.4) is 0 Å². The van der Waals surface area contributed by atoms with Gasteiger partial charge in [-0.1, -0.05) is 6.07 Å². The molecule has 2 aliphatic rings. The second kappa shape index (κ2) is 6.78. The number of amides is 2. The highest BCUT2D eigenvalue weighted by molar-refractivity contribution is 6.07. The number of nitrogens with zero attached hydrogens (tertiary/aromatic N) is 2. The molecule has 146 valence electrons. The highest BCUT2D eigenvalue weighted by Gasteiger charge is 2.52. The molecule has 6 nitrogen and oxygen atoms in total. The largest absolute Gasteiger partial charge is 0.496 e. The summed E-state index contributed by atoms with van der Waals surface area (Å²) < 4.78 is 37.4. The predicted molar refractivity (Wildman–Crippen MR) is 96.6 cm³/mol. The molecule has 0 aliphatic carbocycles. The molecule has 0 saturated carbocycles. The quantitative estimate of drug-likeness (QED) is 0.808. The fourth-order valence-electron chi connectivity index (χ4n) is 3.98. The zero-order chi connectivity index (χ0) is 20.0. The Bertz CT molecular complexity index is 943. The van der Waals surface area contributed by atoms with Crippen LogP contribution in [0.1, 0.15) is 16.8 Å². The number of hydrogen-bond acceptors (Lipinski definition) is 4. The number of anilines is 1. The van der Waals surface area contributed by atoms with E-state index in [0.717, 1.165) is 12.1 Å². The summed E-state index contributed by atoms with van der Waals surface area (Å²) in [6.07, 6.45) is 0.432. The molecule has 2 fully saturated rings. The van der Waals surface area contributed by atoms with Crippen LogP contribution < -0.4 is 14.4 Å². The van der Waals surface area contributed by atoms with Crippen molar-refractivity contribution in [1.29, 1.82) is 0 Å². The van der Waals surface area contributed by atoms with Crippen molar-refractivity contribution in [3.8, 4) is 11.5 Å². The minimum Gasteiger partial charge on any atom is -0.496 e. The summed E-state index contributed by atoms with van der Waals surface area (Å²) >= 11 is 0. The van der Waals surface area contributed by atoms with Crippen LogP contribution in [0.15, 0.2) is 36.4 Å². The lowest BCUT2D eigenvalue weighted by Crippen LogP contribution is -2.52. The van der Waals surface area contributed by atoms with Gasteiger partial charge in [0.25, 0.3) is 5.91 Å². The molecule has 0 spiro atoms. The van der Waals surface area contributed by atoms with Crippen molar-refractivity contribution in [2.75, 3.05) is 25.7 Å². The number of carbonyl (C=O) groups excluding carboxylic acids is 2. The van der Waals surface area contributed by atoms with Gasteiger partial charge in [0, 0.05) is 18.3 Å². The first kappa shape index (κ1) is 18.2. The van der Waals surface area contributed by atoms with Crippen molar-refractivity contribution in [2.24, 2.45) is 0 Å². The Hall–Kier alpha value is -3.16. The van der Waals surface area contributed by atoms with Crippen LogP contribution in [-0.2, 0) is 4.79 Å². The van der Waals surface area contributed by atoms with Gasteiger partial charge in [-0.15, -0.1) is 0 Å². The molecule has 2 saturated heterocycles. The summed E-state index contributed by atoms with van der Waals surface area (Å²) in [6.45, 7) is 0.287. The first-order chi connectivity index (χ1) is 13.5. The van der Waals surface area contributed by atoms with Crippen molar-refractivity contribution in [2.45, 2.75) is 18.5 Å². The van der Waals surface area contributed by atoms with Gasteiger partial charge < -0.3 is 19.3 Å². The fraction of sp³-hybridized carbons (Fsp3) is 0.300. The van der Waals surface area contributed by atoms with Gasteiger partial charge in [-0.3, -0.25) is 9.59 Å². The Morgan fingerprint density at radius 1 is 1.07 bits per heavy atom. The average molecular weight is 388 g/mol. The Morgan fingerprint density at radius 3 is 2.32 bits per heavy atom. The van der Waals surface area contributed by atoms with Gasteiger partial charge >= 0.3 is 0 Å². The lowest BCUT2D eigenvalue weighted by atomic mass is 10.1. The van der Waals surface area contributed by atoms with Gasteiger partial charge in [0.15, 0.2) is 11.6 Å². The van der Waals surface area contributed by atoms with Crippen LogP contribution in [0.25, 0.3) is 0 Å². The number of ether oxygens (including phenoxy) is 2. The second-order valence-electron chi connectivity index (χ2n) is 6.71. The van der Waals surface area contributed by atoms with E-state index in [1.165, 1.54) is 30.1 Å². The van der Waals surface area contributed by atoms with Crippen LogP contribution in [0.2, 0.25) is 0 Å². The van der Waals surface area contributed by atoms with E-state index in [9.17, 15) is 18.4 Å². The first-order valence-electron chi connectivity index (χ1n) is 8.76. The van der Waals surface area contributed by atoms with E-state index in [1.54, 1.807) is 18.2 Å². The maximum Gasteiger partial charge on any atom is 0.262 e. The standard InChI is InChI=1S/C20H18F2N2O4/c1-27-16-4-3-5-17(28-2)18(16)20(26)23-10-12-9-15(23)19(25)24(12)11-6-7-13(21)14(22)8-11/h3-8,12,15H,9-10H2,1-2H3/t12-,15-/m0/s1. The minimum atomic E-state index is -1.01. The van der Waals surface area contributed by atoms with E-state index in [1.807, 2.05) is 0 Å². The number of hydrogen-bond donors (Lipinski definition) is 0. The third-order valence-corrected chi connectivity index (χ3v) is 5.25. The summed E-state index contributed by atoms with van der Waals surface area (Å²) in [4.78, 5) is 29.0. The number of rotatable bonds is 4. The van der Waals surface area contributed by atoms with Crippen LogP contribution in [0.4, 0.5) is 14.5 Å². The number of benzene rings is 2. The monoisotopic (exact) mass is 388 g/mol. The minimum absolute atomic E-state index is 0.257. The highest BCUT2D eigenvalue weighted by atomic mass is 19.2. The molecule has 0 N–H and O–H groups in total. The van der Waals surface area contributed by atoms with E-state index in [0.29, 0.717) is 23.6 Å². The molecule has 0 unspecified atom stereocenters. The Balaban J connectivity index is 1.63. The molecule has 4 rings (SSSR count). The van der Waals surface area contributed by atoms with E-state index in [4.69, 9.17) is 9.47 Å². The number of halogens is 2. The van der Waals surface area contributed by atoms with Crippen LogP contribution in [-0.4, -0.2) is 49.6 Å². The number of carbonyl (C=O) groups is 2. The molecule has 2 heterocycles. The van der Waals surface area contributed by atoms with Gasteiger partial charge in [0.05, 0.1) is 20.3 Å². The molecule has 0 aromatic heterocycles. The van der Waals surface area contributed by atoms with E-state index >= 15 is 0 Å². The Labute approximate surface area is 160 Å². The molecule has 0 radical (unpaired) electrons. The molecule has 2 amide bonds. The molecule has 8 heteroatoms. The summed E-state index contributed by atoms with van der Waals surface area (Å²) in [5.74, 6) is -1.95. The zero-order valence-corrected chi connectivity index (χ0v) is 15.3. The van der Waals surface area contributed by atoms with Crippen molar-refractivity contribution in [1.82, 2.24) is 4.90 Å². The molecule has 2 aliphatic heterocycles. The van der Waals surface area contributed by atoms with Gasteiger partial charge in [-0.05, 0) is 30.7 Å². The van der Waals surface area contributed by atoms with Crippen molar-refractivity contribution in [3.63, 3.8) is 0 Å². The lowest BCUT2D eigenvalue weighted by Gasteiger charge is -2.34. The number of likely N-dealkylation sites (tertiary alicyclic amines) is 1. The molecule has 2 aromatic carbocycles. The smallest absolute Gasteiger partial charge is 0.262 e. The lowest BCUT2D eigenvalue weighted by molar-refractivity contribution is -0.121. The predicted octanol–water partition coefficient (Wildman–Crippen LogP) is 2.61. The van der Waals surface area contributed by atoms with Crippen LogP contribution >= 0.6 is 0 Å². The topological polar surface area (TPSA) is 59.1 Å². The fourth-order valence-corrected chi connectivity index (χ4v) is 3.98. The van der Waals surface area contributed by atoms with E-state index in [-0.39, 0.29) is 30.0 Å². The number of fused-ring (bicyclic) bond motifs is 2. The Kier molecular flexibility index (Phi) is 4.41. The van der Waals surface area contributed by atoms with Crippen LogP contribution in [0.5, 0.6) is 11.5 Å². The van der Waals surface area contributed by atoms with E-state index in [2.05, 4.69) is 0 Å². The molecule has 28 heavy (non-hydrogen) atoms. The summed E-state index contributed by atoms with van der Waals surface area (Å²) in [7, 11) is 2.91. The average Bonchev–Trinajstić information content (AvgIpc) is 3.27. The van der Waals surface area contributed by atoms with Gasteiger partial charge in [0.1, 0.15) is 23.1 Å². The highest BCUT2D eigenvalue weighted by Crippen LogP contribution is 2.39. The van der Waals surface area contributed by atoms with Gasteiger partial charge in [0.2, 0.25) is 5.91 Å². The van der Waals surface area contributed by atoms with Crippen molar-refractivity contribution < 1.29 is 27.8 Å². The van der Waals surface area contributed by atoms with Crippen molar-refractivity contribution >= 4 is 17.5 Å². The second-order valence-corrected chi connectivity index (χ2v) is 6.71. The molecular formula is C20H18F2N2O4. The molecular weight excluding hydrogens is 370 g/mol. The summed E-state index contributed by atoms with van der Waals surface area (Å²) in [5.41, 5.74) is 0.547. The third kappa shape index (κ3) is 2.67. The van der Waals surface area contributed by atoms with Gasteiger partial charge in [-0.2, -0.15) is 0 Å². The summed E-state index contributed by atoms with van der Waals surface area (Å²) in [6, 6.07) is 7.41. The number of methoxy groups -OCH3 is 2. The first-order valence-corrected chi connectivity index (χ1v) is 8.76. The SMILES string of the molecule is COc1cccc(OC)c1C(=O)N1C[C@@H]2C[C@H]1C(=O)N2c1ccc(F)c(F)c1. The van der Waals surface area contributed by atoms with E-state index < -0.39 is 17.7 Å². The summed E-state index contributed by atoms with van der Waals surface area (Å²) in [5, 5.41) is 0. The molecule has 2 atom stereocenters. The molecule has 2 bridgehead atoms. The van der Waals surface area contributed by atoms with Crippen molar-refractivity contribution in [3.05, 3.63) is 53.6 Å². The number of piperazine rings is 1. The maximum absolute atomic E-state index is 13.6. The zero-order valence-electron chi connectivity index (χ0n) is 15.3.